The number of hydrogen-bond donors (Lipinski definition) is 6. The predicted octanol–water partition coefficient (Wildman–Crippen LogP) is 1.67. The van der Waals surface area contributed by atoms with Crippen LogP contribution in [0, 0.1) is 0 Å². The van der Waals surface area contributed by atoms with Gasteiger partial charge in [0.1, 0.15) is 24.6 Å². The molecule has 0 aromatic heterocycles. The SMILES string of the molecule is CCCCCCCCCCCCCC(O)CCN[C@@H](C=O)[C@@H](O)[C@H](O)[C@H](O)CO. The average Bonchev–Trinajstić information content (AvgIpc) is 2.73. The van der Waals surface area contributed by atoms with E-state index in [0.717, 1.165) is 12.8 Å². The van der Waals surface area contributed by atoms with E-state index in [1.165, 1.54) is 57.8 Å². The lowest BCUT2D eigenvalue weighted by Gasteiger charge is -2.26. The van der Waals surface area contributed by atoms with Crippen molar-refractivity contribution in [3.05, 3.63) is 0 Å². The van der Waals surface area contributed by atoms with E-state index in [2.05, 4.69) is 12.2 Å². The average molecular weight is 420 g/mol. The summed E-state index contributed by atoms with van der Waals surface area (Å²) in [5.41, 5.74) is 0. The first-order valence-corrected chi connectivity index (χ1v) is 11.5. The molecule has 7 nitrogen and oxygen atoms in total. The molecule has 0 fully saturated rings. The third kappa shape index (κ3) is 15.0. The topological polar surface area (TPSA) is 130 Å². The predicted molar refractivity (Wildman–Crippen MR) is 115 cm³/mol. The highest BCUT2D eigenvalue weighted by Gasteiger charge is 2.30. The summed E-state index contributed by atoms with van der Waals surface area (Å²) in [6.45, 7) is 1.83. The Kier molecular flexibility index (Phi) is 19.0. The number of unbranched alkanes of at least 4 members (excludes halogenated alkanes) is 10. The quantitative estimate of drug-likeness (QED) is 0.123. The molecule has 0 amide bonds. The fourth-order valence-electron chi connectivity index (χ4n) is 3.40. The van der Waals surface area contributed by atoms with E-state index in [4.69, 9.17) is 5.11 Å². The van der Waals surface area contributed by atoms with Gasteiger partial charge in [-0.15, -0.1) is 0 Å². The van der Waals surface area contributed by atoms with Crippen molar-refractivity contribution < 1.29 is 30.3 Å². The molecular weight excluding hydrogens is 374 g/mol. The van der Waals surface area contributed by atoms with E-state index in [1.807, 2.05) is 0 Å². The minimum atomic E-state index is -1.62. The molecule has 0 heterocycles. The Morgan fingerprint density at radius 3 is 1.76 bits per heavy atom. The Labute approximate surface area is 176 Å². The molecule has 0 spiro atoms. The van der Waals surface area contributed by atoms with E-state index in [-0.39, 0.29) is 0 Å². The normalized spacial score (nSPS) is 16.9. The summed E-state index contributed by atoms with van der Waals surface area (Å²) in [6, 6.07) is -1.07. The van der Waals surface area contributed by atoms with Crippen molar-refractivity contribution in [1.82, 2.24) is 5.32 Å². The molecule has 0 aromatic rings. The summed E-state index contributed by atoms with van der Waals surface area (Å²) in [5.74, 6) is 0. The first-order valence-electron chi connectivity index (χ1n) is 11.5. The van der Waals surface area contributed by atoms with Crippen molar-refractivity contribution in [3.8, 4) is 0 Å². The first-order chi connectivity index (χ1) is 14.0. The van der Waals surface area contributed by atoms with Crippen LogP contribution in [0.4, 0.5) is 0 Å². The molecule has 0 saturated carbocycles. The standard InChI is InChI=1S/C22H45NO6/c1-2-3-4-5-6-7-8-9-10-11-12-13-18(26)14-15-23-19(16-24)21(28)22(29)20(27)17-25/h16,18-23,25-29H,2-15,17H2,1H3/t18?,19-,20+,21+,22+/m0/s1. The second-order valence-corrected chi connectivity index (χ2v) is 8.11. The minimum absolute atomic E-state index is 0.307. The highest BCUT2D eigenvalue weighted by Crippen LogP contribution is 2.13. The van der Waals surface area contributed by atoms with E-state index in [9.17, 15) is 25.2 Å². The summed E-state index contributed by atoms with van der Waals surface area (Å²) in [6.07, 6.45) is 10.3. The number of aldehydes is 1. The molecule has 5 atom stereocenters. The van der Waals surface area contributed by atoms with Gasteiger partial charge in [-0.2, -0.15) is 0 Å². The Bertz CT molecular complexity index is 371. The molecule has 0 bridgehead atoms. The van der Waals surface area contributed by atoms with Crippen LogP contribution in [0.2, 0.25) is 0 Å². The highest BCUT2D eigenvalue weighted by atomic mass is 16.4. The summed E-state index contributed by atoms with van der Waals surface area (Å²) in [4.78, 5) is 11.1. The number of rotatable bonds is 21. The number of carbonyl (C=O) groups is 1. The van der Waals surface area contributed by atoms with Gasteiger partial charge in [-0.25, -0.2) is 0 Å². The largest absolute Gasteiger partial charge is 0.394 e. The second-order valence-electron chi connectivity index (χ2n) is 8.11. The number of nitrogens with one attached hydrogen (secondary N) is 1. The maximum absolute atomic E-state index is 11.1. The lowest BCUT2D eigenvalue weighted by molar-refractivity contribution is -0.120. The smallest absolute Gasteiger partial charge is 0.139 e. The Balaban J connectivity index is 3.68. The third-order valence-corrected chi connectivity index (χ3v) is 5.44. The van der Waals surface area contributed by atoms with E-state index < -0.39 is 37.1 Å². The molecule has 0 aliphatic rings. The van der Waals surface area contributed by atoms with E-state index in [1.54, 1.807) is 0 Å². The molecule has 0 aliphatic carbocycles. The zero-order valence-electron chi connectivity index (χ0n) is 18.2. The van der Waals surface area contributed by atoms with Crippen molar-refractivity contribution in [2.24, 2.45) is 0 Å². The molecule has 0 rings (SSSR count). The van der Waals surface area contributed by atoms with Gasteiger partial charge in [-0.1, -0.05) is 77.6 Å². The lowest BCUT2D eigenvalue weighted by atomic mass is 10.0. The van der Waals surface area contributed by atoms with Crippen LogP contribution in [-0.2, 0) is 4.79 Å². The van der Waals surface area contributed by atoms with Gasteiger partial charge in [-0.3, -0.25) is 0 Å². The van der Waals surface area contributed by atoms with Gasteiger partial charge in [0.25, 0.3) is 0 Å². The summed E-state index contributed by atoms with van der Waals surface area (Å²) >= 11 is 0. The summed E-state index contributed by atoms with van der Waals surface area (Å²) in [5, 5.41) is 50.5. The van der Waals surface area contributed by atoms with Crippen LogP contribution in [0.25, 0.3) is 0 Å². The first kappa shape index (κ1) is 28.4. The molecule has 29 heavy (non-hydrogen) atoms. The van der Waals surface area contributed by atoms with Crippen molar-refractivity contribution in [2.45, 2.75) is 121 Å². The molecule has 1 unspecified atom stereocenters. The summed E-state index contributed by atoms with van der Waals surface area (Å²) in [7, 11) is 0. The highest BCUT2D eigenvalue weighted by molar-refractivity contribution is 5.58. The molecule has 7 heteroatoms. The minimum Gasteiger partial charge on any atom is -0.394 e. The van der Waals surface area contributed by atoms with Crippen molar-refractivity contribution in [3.63, 3.8) is 0 Å². The fraction of sp³-hybridized carbons (Fsp3) is 0.955. The third-order valence-electron chi connectivity index (χ3n) is 5.44. The van der Waals surface area contributed by atoms with Crippen LogP contribution in [-0.4, -0.2) is 75.4 Å². The molecule has 0 saturated heterocycles. The Hall–Kier alpha value is -0.570. The molecule has 6 N–H and O–H groups in total. The van der Waals surface area contributed by atoms with Gasteiger partial charge in [0.15, 0.2) is 0 Å². The van der Waals surface area contributed by atoms with Gasteiger partial charge in [0, 0.05) is 0 Å². The Morgan fingerprint density at radius 2 is 1.28 bits per heavy atom. The zero-order chi connectivity index (χ0) is 21.9. The second kappa shape index (κ2) is 19.4. The van der Waals surface area contributed by atoms with Gasteiger partial charge in [-0.05, 0) is 19.4 Å². The number of carbonyl (C=O) groups excluding carboxylic acids is 1. The number of aliphatic hydroxyl groups excluding tert-OH is 5. The van der Waals surface area contributed by atoms with Gasteiger partial charge in [0.05, 0.1) is 18.8 Å². The molecule has 0 aliphatic heterocycles. The monoisotopic (exact) mass is 419 g/mol. The maximum Gasteiger partial charge on any atom is 0.139 e. The van der Waals surface area contributed by atoms with Crippen molar-refractivity contribution >= 4 is 6.29 Å². The molecule has 0 radical (unpaired) electrons. The van der Waals surface area contributed by atoms with Gasteiger partial charge < -0.3 is 35.6 Å². The van der Waals surface area contributed by atoms with Crippen LogP contribution in [0.5, 0.6) is 0 Å². The number of aliphatic hydroxyl groups is 5. The van der Waals surface area contributed by atoms with Crippen LogP contribution in [0.1, 0.15) is 90.4 Å². The van der Waals surface area contributed by atoms with E-state index in [0.29, 0.717) is 25.7 Å². The maximum atomic E-state index is 11.1. The van der Waals surface area contributed by atoms with Gasteiger partial charge in [0.2, 0.25) is 0 Å². The number of hydrogen-bond acceptors (Lipinski definition) is 7. The molecule has 174 valence electrons. The molecular formula is C22H45NO6. The van der Waals surface area contributed by atoms with Crippen molar-refractivity contribution in [2.75, 3.05) is 13.2 Å². The van der Waals surface area contributed by atoms with E-state index >= 15 is 0 Å². The Morgan fingerprint density at radius 1 is 0.759 bits per heavy atom. The molecule has 0 aromatic carbocycles. The van der Waals surface area contributed by atoms with Crippen LogP contribution >= 0.6 is 0 Å². The van der Waals surface area contributed by atoms with Crippen LogP contribution in [0.15, 0.2) is 0 Å². The fourth-order valence-corrected chi connectivity index (χ4v) is 3.40. The lowest BCUT2D eigenvalue weighted by Crippen LogP contribution is -2.52. The van der Waals surface area contributed by atoms with Crippen LogP contribution < -0.4 is 5.32 Å². The van der Waals surface area contributed by atoms with Gasteiger partial charge >= 0.3 is 0 Å². The van der Waals surface area contributed by atoms with Crippen LogP contribution in [0.3, 0.4) is 0 Å². The zero-order valence-corrected chi connectivity index (χ0v) is 18.2. The van der Waals surface area contributed by atoms with Crippen molar-refractivity contribution in [1.29, 1.82) is 0 Å². The summed E-state index contributed by atoms with van der Waals surface area (Å²) < 4.78 is 0.